The molecule has 32 heavy (non-hydrogen) atoms. The third-order valence-electron chi connectivity index (χ3n) is 7.21. The predicted molar refractivity (Wildman–Crippen MR) is 125 cm³/mol. The van der Waals surface area contributed by atoms with Gasteiger partial charge in [0, 0.05) is 35.7 Å². The average Bonchev–Trinajstić information content (AvgIpc) is 3.48. The summed E-state index contributed by atoms with van der Waals surface area (Å²) in [4.78, 5) is 5.28. The highest BCUT2D eigenvalue weighted by atomic mass is 15.5. The predicted octanol–water partition coefficient (Wildman–Crippen LogP) is 4.79. The molecule has 2 aromatic heterocycles. The van der Waals surface area contributed by atoms with E-state index >= 15 is 0 Å². The van der Waals surface area contributed by atoms with Crippen molar-refractivity contribution in [2.45, 2.75) is 69.9 Å². The molecule has 164 valence electrons. The summed E-state index contributed by atoms with van der Waals surface area (Å²) in [5.74, 6) is 2.35. The van der Waals surface area contributed by atoms with Crippen LogP contribution in [0.15, 0.2) is 42.5 Å². The third-order valence-corrected chi connectivity index (χ3v) is 7.21. The summed E-state index contributed by atoms with van der Waals surface area (Å²) in [6, 6.07) is 16.1. The van der Waals surface area contributed by atoms with Crippen molar-refractivity contribution >= 4 is 16.7 Å². The molecule has 7 nitrogen and oxygen atoms in total. The van der Waals surface area contributed by atoms with Gasteiger partial charge in [-0.25, -0.2) is 4.98 Å². The first-order chi connectivity index (χ1) is 15.8. The fourth-order valence-electron chi connectivity index (χ4n) is 5.64. The van der Waals surface area contributed by atoms with Crippen LogP contribution in [0, 0.1) is 0 Å². The molecule has 7 heteroatoms. The summed E-state index contributed by atoms with van der Waals surface area (Å²) < 4.78 is 2.53. The standard InChI is InChI=1S/C25H29N7/c1-16-10-11-20-21(26-16)12-13-22-24(20)27-23(14-17-6-3-2-4-7-17)32(22)19-9-5-8-18(15-19)25-28-30-31-29-25/h2-4,6-7,12-13,16,18-19,26H,5,8-11,14-15H2,1H3,(H,28,29,30,31)/t16-,18-,19+/m0/s1. The zero-order valence-electron chi connectivity index (χ0n) is 18.5. The van der Waals surface area contributed by atoms with Crippen LogP contribution in [-0.2, 0) is 12.8 Å². The summed E-state index contributed by atoms with van der Waals surface area (Å²) >= 11 is 0. The first-order valence-corrected chi connectivity index (χ1v) is 11.8. The number of H-pyrrole nitrogens is 1. The summed E-state index contributed by atoms with van der Waals surface area (Å²) in [6.07, 6.45) is 7.55. The molecule has 0 unspecified atom stereocenters. The molecule has 6 rings (SSSR count). The van der Waals surface area contributed by atoms with Gasteiger partial charge < -0.3 is 9.88 Å². The fraction of sp³-hybridized carbons (Fsp3) is 0.440. The lowest BCUT2D eigenvalue weighted by atomic mass is 9.85. The molecule has 0 radical (unpaired) electrons. The highest BCUT2D eigenvalue weighted by Crippen LogP contribution is 2.41. The van der Waals surface area contributed by atoms with Crippen molar-refractivity contribution in [3.63, 3.8) is 0 Å². The molecule has 1 aliphatic heterocycles. The molecule has 1 fully saturated rings. The Bertz CT molecular complexity index is 1210. The molecule has 0 bridgehead atoms. The highest BCUT2D eigenvalue weighted by molar-refractivity contribution is 5.86. The maximum atomic E-state index is 5.28. The van der Waals surface area contributed by atoms with Gasteiger partial charge in [0.1, 0.15) is 5.82 Å². The van der Waals surface area contributed by atoms with E-state index in [2.05, 4.69) is 79.9 Å². The minimum absolute atomic E-state index is 0.342. The van der Waals surface area contributed by atoms with Crippen molar-refractivity contribution in [2.24, 2.45) is 0 Å². The summed E-state index contributed by atoms with van der Waals surface area (Å²) in [7, 11) is 0. The second kappa shape index (κ2) is 8.04. The van der Waals surface area contributed by atoms with Crippen LogP contribution in [0.25, 0.3) is 11.0 Å². The van der Waals surface area contributed by atoms with Crippen molar-refractivity contribution in [1.82, 2.24) is 30.2 Å². The van der Waals surface area contributed by atoms with Crippen molar-refractivity contribution in [2.75, 3.05) is 5.32 Å². The molecule has 2 aliphatic rings. The number of tetrazole rings is 1. The minimum Gasteiger partial charge on any atom is -0.382 e. The Kier molecular flexibility index (Phi) is 4.89. The Hall–Kier alpha value is -3.22. The number of anilines is 1. The monoisotopic (exact) mass is 427 g/mol. The molecule has 1 aliphatic carbocycles. The molecular formula is C25H29N7. The van der Waals surface area contributed by atoms with E-state index in [1.807, 2.05) is 0 Å². The van der Waals surface area contributed by atoms with Crippen molar-refractivity contribution < 1.29 is 0 Å². The van der Waals surface area contributed by atoms with Gasteiger partial charge in [-0.2, -0.15) is 5.21 Å². The summed E-state index contributed by atoms with van der Waals surface area (Å²) in [5.41, 5.74) is 6.37. The number of benzene rings is 2. The Morgan fingerprint density at radius 3 is 2.81 bits per heavy atom. The van der Waals surface area contributed by atoms with Crippen LogP contribution in [0.3, 0.4) is 0 Å². The molecule has 2 N–H and O–H groups in total. The largest absolute Gasteiger partial charge is 0.382 e. The Labute approximate surface area is 187 Å². The van der Waals surface area contributed by atoms with Crippen LogP contribution in [0.1, 0.15) is 73.8 Å². The van der Waals surface area contributed by atoms with E-state index in [1.54, 1.807) is 0 Å². The Morgan fingerprint density at radius 2 is 1.97 bits per heavy atom. The van der Waals surface area contributed by atoms with Crippen molar-refractivity contribution in [3.8, 4) is 0 Å². The Morgan fingerprint density at radius 1 is 1.06 bits per heavy atom. The molecule has 0 amide bonds. The molecular weight excluding hydrogens is 398 g/mol. The van der Waals surface area contributed by atoms with Gasteiger partial charge in [-0.05, 0) is 56.7 Å². The van der Waals surface area contributed by atoms with Gasteiger partial charge in [0.2, 0.25) is 0 Å². The van der Waals surface area contributed by atoms with E-state index in [-0.39, 0.29) is 0 Å². The second-order valence-electron chi connectivity index (χ2n) is 9.39. The van der Waals surface area contributed by atoms with Crippen LogP contribution in [-0.4, -0.2) is 36.2 Å². The molecule has 1 saturated carbocycles. The molecule has 2 aromatic carbocycles. The first kappa shape index (κ1) is 19.5. The lowest BCUT2D eigenvalue weighted by Crippen LogP contribution is -2.22. The van der Waals surface area contributed by atoms with E-state index in [4.69, 9.17) is 4.98 Å². The molecule has 0 saturated heterocycles. The smallest absolute Gasteiger partial charge is 0.177 e. The minimum atomic E-state index is 0.342. The van der Waals surface area contributed by atoms with Crippen LogP contribution >= 0.6 is 0 Å². The second-order valence-corrected chi connectivity index (χ2v) is 9.39. The molecule has 4 aromatic rings. The van der Waals surface area contributed by atoms with E-state index in [0.29, 0.717) is 18.0 Å². The number of aromatic amines is 1. The number of fused-ring (bicyclic) bond motifs is 3. The van der Waals surface area contributed by atoms with E-state index < -0.39 is 0 Å². The maximum absolute atomic E-state index is 5.28. The Balaban J connectivity index is 1.45. The normalized spacial score (nSPS) is 23.1. The van der Waals surface area contributed by atoms with Gasteiger partial charge in [-0.1, -0.05) is 42.0 Å². The lowest BCUT2D eigenvalue weighted by Gasteiger charge is -2.30. The summed E-state index contributed by atoms with van der Waals surface area (Å²) in [5, 5.41) is 18.7. The number of rotatable bonds is 4. The van der Waals surface area contributed by atoms with E-state index in [1.165, 1.54) is 34.3 Å². The lowest BCUT2D eigenvalue weighted by molar-refractivity contribution is 0.312. The van der Waals surface area contributed by atoms with Gasteiger partial charge in [0.05, 0.1) is 11.0 Å². The van der Waals surface area contributed by atoms with Crippen molar-refractivity contribution in [3.05, 3.63) is 65.2 Å². The highest BCUT2D eigenvalue weighted by Gasteiger charge is 2.30. The zero-order chi connectivity index (χ0) is 21.5. The SMILES string of the molecule is C[C@H]1CCc2c(ccc3c2nc(Cc2ccccc2)n3[C@@H]2CCC[C@H](c3nn[nH]n3)C2)N1. The van der Waals surface area contributed by atoms with Crippen LogP contribution in [0.4, 0.5) is 5.69 Å². The number of nitrogens with one attached hydrogen (secondary N) is 2. The number of hydrogen-bond donors (Lipinski definition) is 2. The van der Waals surface area contributed by atoms with Gasteiger partial charge in [0.15, 0.2) is 5.82 Å². The fourth-order valence-corrected chi connectivity index (χ4v) is 5.64. The van der Waals surface area contributed by atoms with Crippen LogP contribution < -0.4 is 5.32 Å². The van der Waals surface area contributed by atoms with E-state index in [0.717, 1.165) is 50.2 Å². The first-order valence-electron chi connectivity index (χ1n) is 11.8. The topological polar surface area (TPSA) is 84.3 Å². The van der Waals surface area contributed by atoms with Crippen LogP contribution in [0.2, 0.25) is 0 Å². The van der Waals surface area contributed by atoms with Crippen LogP contribution in [0.5, 0.6) is 0 Å². The van der Waals surface area contributed by atoms with Gasteiger partial charge >= 0.3 is 0 Å². The van der Waals surface area contributed by atoms with E-state index in [9.17, 15) is 0 Å². The maximum Gasteiger partial charge on any atom is 0.177 e. The molecule has 0 spiro atoms. The number of aryl methyl sites for hydroxylation is 1. The quantitative estimate of drug-likeness (QED) is 0.489. The van der Waals surface area contributed by atoms with Gasteiger partial charge in [-0.3, -0.25) is 0 Å². The molecule has 3 atom stereocenters. The number of nitrogens with zero attached hydrogens (tertiary/aromatic N) is 5. The van der Waals surface area contributed by atoms with Gasteiger partial charge in [-0.15, -0.1) is 10.2 Å². The molecule has 3 heterocycles. The zero-order valence-corrected chi connectivity index (χ0v) is 18.5. The third kappa shape index (κ3) is 3.45. The summed E-state index contributed by atoms with van der Waals surface area (Å²) in [6.45, 7) is 2.26. The average molecular weight is 428 g/mol. The number of imidazole rings is 1. The number of aromatic nitrogens is 6. The van der Waals surface area contributed by atoms with Crippen molar-refractivity contribution in [1.29, 1.82) is 0 Å². The van der Waals surface area contributed by atoms with Gasteiger partial charge in [0.25, 0.3) is 0 Å². The number of hydrogen-bond acceptors (Lipinski definition) is 5.